The standard InChI is InChI=1S/C10H16N2S2/c1-13-7-9-12-8(6-14-9)10(11)4-2-3-5-10/h6H,2-5,7,11H2,1H3. The van der Waals surface area contributed by atoms with Gasteiger partial charge in [-0.2, -0.15) is 11.8 Å². The van der Waals surface area contributed by atoms with Gasteiger partial charge < -0.3 is 5.73 Å². The molecule has 1 aromatic rings. The Hall–Kier alpha value is -0.0600. The highest BCUT2D eigenvalue weighted by atomic mass is 32.2. The maximum absolute atomic E-state index is 6.33. The summed E-state index contributed by atoms with van der Waals surface area (Å²) >= 11 is 3.56. The van der Waals surface area contributed by atoms with Gasteiger partial charge in [0.2, 0.25) is 0 Å². The molecular formula is C10H16N2S2. The van der Waals surface area contributed by atoms with E-state index in [1.54, 1.807) is 11.3 Å². The minimum atomic E-state index is -0.104. The molecule has 1 aliphatic rings. The molecule has 0 aliphatic heterocycles. The van der Waals surface area contributed by atoms with Crippen molar-refractivity contribution in [2.75, 3.05) is 6.26 Å². The lowest BCUT2D eigenvalue weighted by atomic mass is 9.96. The van der Waals surface area contributed by atoms with Crippen LogP contribution in [-0.2, 0) is 11.3 Å². The molecule has 0 spiro atoms. The molecule has 4 heteroatoms. The van der Waals surface area contributed by atoms with Gasteiger partial charge in [-0.15, -0.1) is 11.3 Å². The molecule has 0 radical (unpaired) electrons. The van der Waals surface area contributed by atoms with Gasteiger partial charge >= 0.3 is 0 Å². The monoisotopic (exact) mass is 228 g/mol. The zero-order valence-electron chi connectivity index (χ0n) is 8.45. The molecular weight excluding hydrogens is 212 g/mol. The first-order chi connectivity index (χ1) is 6.74. The number of thioether (sulfide) groups is 1. The summed E-state index contributed by atoms with van der Waals surface area (Å²) in [4.78, 5) is 4.63. The average molecular weight is 228 g/mol. The van der Waals surface area contributed by atoms with E-state index in [2.05, 4.69) is 16.6 Å². The summed E-state index contributed by atoms with van der Waals surface area (Å²) in [6.07, 6.45) is 6.83. The third kappa shape index (κ3) is 1.97. The number of nitrogens with two attached hydrogens (primary N) is 1. The SMILES string of the molecule is CSCc1nc(C2(N)CCCC2)cs1. The Kier molecular flexibility index (Phi) is 3.14. The quantitative estimate of drug-likeness (QED) is 0.864. The van der Waals surface area contributed by atoms with Crippen LogP contribution in [0.1, 0.15) is 36.4 Å². The van der Waals surface area contributed by atoms with Crippen LogP contribution in [0.15, 0.2) is 5.38 Å². The smallest absolute Gasteiger partial charge is 0.103 e. The summed E-state index contributed by atoms with van der Waals surface area (Å²) in [5.74, 6) is 1.01. The van der Waals surface area contributed by atoms with Gasteiger partial charge in [0, 0.05) is 11.1 Å². The van der Waals surface area contributed by atoms with E-state index >= 15 is 0 Å². The molecule has 14 heavy (non-hydrogen) atoms. The van der Waals surface area contributed by atoms with Gasteiger partial charge in [0.05, 0.1) is 11.2 Å². The molecule has 1 aliphatic carbocycles. The first kappa shape index (κ1) is 10.5. The predicted octanol–water partition coefficient (Wildman–Crippen LogP) is 2.73. The number of thiazole rings is 1. The van der Waals surface area contributed by atoms with Crippen LogP contribution in [0.4, 0.5) is 0 Å². The van der Waals surface area contributed by atoms with Crippen molar-refractivity contribution in [3.63, 3.8) is 0 Å². The Morgan fingerprint density at radius 1 is 1.57 bits per heavy atom. The highest BCUT2D eigenvalue weighted by molar-refractivity contribution is 7.97. The van der Waals surface area contributed by atoms with Gasteiger partial charge in [-0.3, -0.25) is 0 Å². The van der Waals surface area contributed by atoms with Crippen LogP contribution < -0.4 is 5.73 Å². The van der Waals surface area contributed by atoms with E-state index in [0.29, 0.717) is 0 Å². The van der Waals surface area contributed by atoms with Crippen molar-refractivity contribution in [1.82, 2.24) is 4.98 Å². The summed E-state index contributed by atoms with van der Waals surface area (Å²) in [6, 6.07) is 0. The van der Waals surface area contributed by atoms with Crippen LogP contribution in [0.3, 0.4) is 0 Å². The Bertz CT molecular complexity index is 303. The van der Waals surface area contributed by atoms with E-state index in [9.17, 15) is 0 Å². The van der Waals surface area contributed by atoms with E-state index in [4.69, 9.17) is 5.73 Å². The maximum atomic E-state index is 6.33. The predicted molar refractivity (Wildman–Crippen MR) is 63.7 cm³/mol. The molecule has 1 heterocycles. The Morgan fingerprint density at radius 3 is 2.93 bits per heavy atom. The topological polar surface area (TPSA) is 38.9 Å². The second kappa shape index (κ2) is 4.21. The summed E-state index contributed by atoms with van der Waals surface area (Å²) < 4.78 is 0. The number of hydrogen-bond acceptors (Lipinski definition) is 4. The maximum Gasteiger partial charge on any atom is 0.103 e. The fourth-order valence-corrected chi connectivity index (χ4v) is 3.61. The molecule has 2 nitrogen and oxygen atoms in total. The van der Waals surface area contributed by atoms with E-state index in [1.165, 1.54) is 17.8 Å². The van der Waals surface area contributed by atoms with Crippen molar-refractivity contribution in [1.29, 1.82) is 0 Å². The summed E-state index contributed by atoms with van der Waals surface area (Å²) in [7, 11) is 0. The molecule has 1 saturated carbocycles. The fourth-order valence-electron chi connectivity index (χ4n) is 1.99. The molecule has 0 bridgehead atoms. The van der Waals surface area contributed by atoms with Crippen molar-refractivity contribution in [2.45, 2.75) is 37.0 Å². The number of aromatic nitrogens is 1. The van der Waals surface area contributed by atoms with Crippen LogP contribution in [-0.4, -0.2) is 11.2 Å². The summed E-state index contributed by atoms with van der Waals surface area (Å²) in [6.45, 7) is 0. The Balaban J connectivity index is 2.15. The zero-order chi connectivity index (χ0) is 10.0. The van der Waals surface area contributed by atoms with Crippen LogP contribution in [0.25, 0.3) is 0 Å². The molecule has 2 rings (SSSR count). The van der Waals surface area contributed by atoms with Gasteiger partial charge in [-0.1, -0.05) is 12.8 Å². The van der Waals surface area contributed by atoms with Gasteiger partial charge in [0.25, 0.3) is 0 Å². The molecule has 0 unspecified atom stereocenters. The third-order valence-electron chi connectivity index (χ3n) is 2.83. The minimum absolute atomic E-state index is 0.104. The highest BCUT2D eigenvalue weighted by Gasteiger charge is 2.33. The van der Waals surface area contributed by atoms with E-state index in [1.807, 2.05) is 11.8 Å². The average Bonchev–Trinajstić information content (AvgIpc) is 2.75. The van der Waals surface area contributed by atoms with Crippen LogP contribution in [0, 0.1) is 0 Å². The lowest BCUT2D eigenvalue weighted by Gasteiger charge is -2.20. The van der Waals surface area contributed by atoms with Crippen molar-refractivity contribution in [3.8, 4) is 0 Å². The second-order valence-electron chi connectivity index (χ2n) is 3.92. The third-order valence-corrected chi connectivity index (χ3v) is 4.42. The van der Waals surface area contributed by atoms with Crippen LogP contribution >= 0.6 is 23.1 Å². The molecule has 0 amide bonds. The van der Waals surface area contributed by atoms with Crippen molar-refractivity contribution in [3.05, 3.63) is 16.1 Å². The first-order valence-electron chi connectivity index (χ1n) is 4.97. The van der Waals surface area contributed by atoms with E-state index in [-0.39, 0.29) is 5.54 Å². The Morgan fingerprint density at radius 2 is 2.29 bits per heavy atom. The van der Waals surface area contributed by atoms with Gasteiger partial charge in [0.15, 0.2) is 0 Å². The zero-order valence-corrected chi connectivity index (χ0v) is 10.1. The molecule has 1 fully saturated rings. The molecule has 1 aromatic heterocycles. The van der Waals surface area contributed by atoms with Crippen molar-refractivity contribution >= 4 is 23.1 Å². The van der Waals surface area contributed by atoms with Gasteiger partial charge in [-0.05, 0) is 19.1 Å². The van der Waals surface area contributed by atoms with Crippen LogP contribution in [0.2, 0.25) is 0 Å². The summed E-state index contributed by atoms with van der Waals surface area (Å²) in [5, 5.41) is 3.36. The fraction of sp³-hybridized carbons (Fsp3) is 0.700. The molecule has 78 valence electrons. The molecule has 0 atom stereocenters. The number of hydrogen-bond donors (Lipinski definition) is 1. The highest BCUT2D eigenvalue weighted by Crippen LogP contribution is 2.36. The minimum Gasteiger partial charge on any atom is -0.320 e. The van der Waals surface area contributed by atoms with Gasteiger partial charge in [0.1, 0.15) is 5.01 Å². The first-order valence-corrected chi connectivity index (χ1v) is 7.25. The lowest BCUT2D eigenvalue weighted by Crippen LogP contribution is -2.33. The summed E-state index contributed by atoms with van der Waals surface area (Å²) in [5.41, 5.74) is 7.35. The van der Waals surface area contributed by atoms with E-state index < -0.39 is 0 Å². The lowest BCUT2D eigenvalue weighted by molar-refractivity contribution is 0.449. The van der Waals surface area contributed by atoms with Crippen molar-refractivity contribution < 1.29 is 0 Å². The molecule has 0 saturated heterocycles. The van der Waals surface area contributed by atoms with Crippen LogP contribution in [0.5, 0.6) is 0 Å². The van der Waals surface area contributed by atoms with Gasteiger partial charge in [-0.25, -0.2) is 4.98 Å². The Labute approximate surface area is 93.3 Å². The largest absolute Gasteiger partial charge is 0.320 e. The molecule has 2 N–H and O–H groups in total. The number of nitrogens with zero attached hydrogens (tertiary/aromatic N) is 1. The number of rotatable bonds is 3. The van der Waals surface area contributed by atoms with Crippen molar-refractivity contribution in [2.24, 2.45) is 5.73 Å². The second-order valence-corrected chi connectivity index (χ2v) is 5.73. The molecule has 0 aromatic carbocycles. The van der Waals surface area contributed by atoms with E-state index in [0.717, 1.165) is 24.3 Å². The normalized spacial score (nSPS) is 20.1.